The third-order valence-corrected chi connectivity index (χ3v) is 29.8. The smallest absolute Gasteiger partial charge is 0.104 e. The first-order valence-electron chi connectivity index (χ1n) is 36.6. The van der Waals surface area contributed by atoms with E-state index in [9.17, 15) is 0 Å². The van der Waals surface area contributed by atoms with Crippen molar-refractivity contribution in [1.82, 2.24) is 23.7 Å². The lowest BCUT2D eigenvalue weighted by molar-refractivity contribution is 0.635. The van der Waals surface area contributed by atoms with Crippen LogP contribution in [0.4, 0.5) is 0 Å². The summed E-state index contributed by atoms with van der Waals surface area (Å²) in [5.74, 6) is 0.149. The van der Waals surface area contributed by atoms with Gasteiger partial charge in [-0.1, -0.05) is 199 Å². The van der Waals surface area contributed by atoms with Gasteiger partial charge in [-0.2, -0.15) is 0 Å². The molecule has 0 fully saturated rings. The maximum absolute atomic E-state index is 5.28. The molecule has 19 aromatic rings. The number of hydrogen-bond donors (Lipinski definition) is 0. The van der Waals surface area contributed by atoms with Gasteiger partial charge in [0.05, 0.1) is 60.9 Å². The molecule has 3 aliphatic heterocycles. The van der Waals surface area contributed by atoms with Crippen LogP contribution in [0.5, 0.6) is 0 Å². The van der Waals surface area contributed by atoms with E-state index < -0.39 is 5.41 Å². The summed E-state index contributed by atoms with van der Waals surface area (Å²) in [6.07, 6.45) is 9.86. The Morgan fingerprint density at radius 3 is 1.61 bits per heavy atom. The van der Waals surface area contributed by atoms with Gasteiger partial charge >= 0.3 is 0 Å². The summed E-state index contributed by atoms with van der Waals surface area (Å²) in [5.41, 5.74) is 34.1. The second kappa shape index (κ2) is 19.1. The predicted octanol–water partition coefficient (Wildman–Crippen LogP) is 25.6. The highest BCUT2D eigenvalue weighted by Crippen LogP contribution is 2.67. The van der Waals surface area contributed by atoms with Crippen LogP contribution in [0.25, 0.3) is 163 Å². The van der Waals surface area contributed by atoms with Crippen molar-refractivity contribution in [2.45, 2.75) is 75.5 Å². The summed E-state index contributed by atoms with van der Waals surface area (Å²) in [5, 5.41) is 16.4. The standard InChI is InChI=1S/C96H63N5S3/c1-93(2)71-25-11-20-60-67-46-52(32-38-80(67)101(86(60)71)92-74(93)40-43-102-92)53-28-33-57-55-16-7-9-23-68(55)96(75(57)48-53)69-24-10-8-17-56(69)64-47-54(29-34-70(64)96)63-49-77-62(22-15-42-98-77)83-88-91(104-89(63)83)95(5,6)73-27-13-19-59-66-45-51(31-37-79(66)100(88)85(59)73)50-30-36-78-65(44-50)58-18-12-26-72-84(58)99(78)87-82-61-21-14-41-97-76(61)35-39-81(82)103-90(87)94(72,3)4/h7-46,48-49,64H,47H2,1-6H3. The second-order valence-corrected chi connectivity index (χ2v) is 34.8. The van der Waals surface area contributed by atoms with Crippen molar-refractivity contribution in [3.05, 3.63) is 320 Å². The Labute approximate surface area is 611 Å². The van der Waals surface area contributed by atoms with Crippen LogP contribution in [0.3, 0.4) is 0 Å². The minimum atomic E-state index is -0.473. The summed E-state index contributed by atoms with van der Waals surface area (Å²) >= 11 is 5.81. The Hall–Kier alpha value is -11.3. The van der Waals surface area contributed by atoms with E-state index in [1.165, 1.54) is 217 Å². The number of benzene rings is 11. The summed E-state index contributed by atoms with van der Waals surface area (Å²) in [4.78, 5) is 12.9. The van der Waals surface area contributed by atoms with Gasteiger partial charge < -0.3 is 13.7 Å². The summed E-state index contributed by atoms with van der Waals surface area (Å²) < 4.78 is 10.5. The van der Waals surface area contributed by atoms with E-state index >= 15 is 0 Å². The molecule has 0 saturated heterocycles. The Morgan fingerprint density at radius 1 is 0.385 bits per heavy atom. The van der Waals surface area contributed by atoms with Crippen molar-refractivity contribution < 1.29 is 0 Å². The zero-order valence-electron chi connectivity index (χ0n) is 58.0. The largest absolute Gasteiger partial charge is 0.307 e. The van der Waals surface area contributed by atoms with Crippen LogP contribution in [0.15, 0.2) is 260 Å². The van der Waals surface area contributed by atoms with Gasteiger partial charge in [0.25, 0.3) is 0 Å². The average molecular weight is 1380 g/mol. The Bertz CT molecular complexity index is 7380. The van der Waals surface area contributed by atoms with E-state index in [1.54, 1.807) is 0 Å². The molecule has 490 valence electrons. The van der Waals surface area contributed by atoms with Crippen molar-refractivity contribution in [3.8, 4) is 49.8 Å². The molecule has 0 radical (unpaired) electrons. The molecule has 11 heterocycles. The fraction of sp³-hybridized carbons (Fsp3) is 0.125. The molecule has 0 bridgehead atoms. The van der Waals surface area contributed by atoms with Gasteiger partial charge in [0.1, 0.15) is 5.00 Å². The topological polar surface area (TPSA) is 40.6 Å². The molecular weight excluding hydrogens is 1320 g/mol. The Balaban J connectivity index is 0.650. The van der Waals surface area contributed by atoms with E-state index in [1.807, 2.05) is 46.4 Å². The number of thiophene rings is 3. The number of hydrogen-bond acceptors (Lipinski definition) is 5. The first kappa shape index (κ1) is 57.3. The molecule has 5 nitrogen and oxygen atoms in total. The Kier molecular flexibility index (Phi) is 10.5. The summed E-state index contributed by atoms with van der Waals surface area (Å²) in [6.45, 7) is 14.6. The van der Waals surface area contributed by atoms with Crippen LogP contribution in [0.1, 0.15) is 114 Å². The zero-order valence-corrected chi connectivity index (χ0v) is 60.4. The minimum Gasteiger partial charge on any atom is -0.307 e. The molecule has 11 aromatic carbocycles. The predicted molar refractivity (Wildman–Crippen MR) is 438 cm³/mol. The molecule has 6 aliphatic rings. The van der Waals surface area contributed by atoms with Gasteiger partial charge in [0.2, 0.25) is 0 Å². The van der Waals surface area contributed by atoms with Crippen LogP contribution < -0.4 is 0 Å². The molecule has 8 aromatic heterocycles. The maximum Gasteiger partial charge on any atom is 0.104 e. The average Bonchev–Trinajstić information content (AvgIpc) is 1.52. The first-order valence-corrected chi connectivity index (χ1v) is 39.1. The molecule has 2 atom stereocenters. The van der Waals surface area contributed by atoms with E-state index in [4.69, 9.17) is 9.97 Å². The fourth-order valence-electron chi connectivity index (χ4n) is 21.3. The van der Waals surface area contributed by atoms with Gasteiger partial charge in [0, 0.05) is 108 Å². The first-order chi connectivity index (χ1) is 50.8. The third kappa shape index (κ3) is 6.68. The normalized spacial score (nSPS) is 18.0. The van der Waals surface area contributed by atoms with Crippen LogP contribution in [-0.4, -0.2) is 23.7 Å². The molecule has 3 aliphatic carbocycles. The van der Waals surface area contributed by atoms with E-state index in [-0.39, 0.29) is 22.2 Å². The van der Waals surface area contributed by atoms with Crippen molar-refractivity contribution in [2.75, 3.05) is 0 Å². The fourth-order valence-corrected chi connectivity index (χ4v) is 25.1. The van der Waals surface area contributed by atoms with Crippen molar-refractivity contribution in [1.29, 1.82) is 0 Å². The number of aromatic nitrogens is 5. The SMILES string of the molecule is CC1(C)c2ccsc2-n2c3ccc(-c4ccc5c(c4)C4(C6=CC=C(c7cc8ncccc8c8c9c(sc78)C(C)(C)c7cccc8c%10cc(-c%11ccc%12c(c%11)c%11cccc%13c%11n%12-c%11c(sc%12ccc%14ncccc%14c%11%12)C%13(C)C)ccc%10n-9c78)CC6c6ccccc64)c4ccccc4-5)cc3c3cccc1c32. The lowest BCUT2D eigenvalue weighted by atomic mass is 9.68. The molecule has 25 rings (SSSR count). The summed E-state index contributed by atoms with van der Waals surface area (Å²) in [7, 11) is 0. The van der Waals surface area contributed by atoms with Crippen LogP contribution >= 0.6 is 34.0 Å². The highest BCUT2D eigenvalue weighted by Gasteiger charge is 2.56. The number of allylic oxidation sites excluding steroid dienone is 4. The molecule has 0 amide bonds. The lowest BCUT2D eigenvalue weighted by Gasteiger charge is -2.34. The van der Waals surface area contributed by atoms with E-state index in [2.05, 4.69) is 297 Å². The second-order valence-electron chi connectivity index (χ2n) is 31.8. The molecule has 0 saturated carbocycles. The molecule has 104 heavy (non-hydrogen) atoms. The number of fused-ring (bicyclic) bond motifs is 33. The minimum absolute atomic E-state index is 0.0849. The quantitative estimate of drug-likeness (QED) is 0.177. The lowest BCUT2D eigenvalue weighted by Crippen LogP contribution is -2.27. The van der Waals surface area contributed by atoms with E-state index in [0.717, 1.165) is 17.5 Å². The highest BCUT2D eigenvalue weighted by molar-refractivity contribution is 7.20. The van der Waals surface area contributed by atoms with Gasteiger partial charge in [-0.15, -0.1) is 34.0 Å². The molecule has 2 unspecified atom stereocenters. The zero-order chi connectivity index (χ0) is 68.5. The van der Waals surface area contributed by atoms with E-state index in [0.29, 0.717) is 0 Å². The van der Waals surface area contributed by atoms with Gasteiger partial charge in [-0.3, -0.25) is 9.97 Å². The molecule has 0 N–H and O–H groups in total. The molecule has 8 heteroatoms. The number of nitrogens with zero attached hydrogens (tertiary/aromatic N) is 5. The third-order valence-electron chi connectivity index (χ3n) is 25.9. The van der Waals surface area contributed by atoms with Gasteiger partial charge in [-0.05, 0) is 185 Å². The molecular formula is C96H63N5S3. The maximum atomic E-state index is 5.28. The van der Waals surface area contributed by atoms with Crippen LogP contribution in [0.2, 0.25) is 0 Å². The number of para-hydroxylation sites is 3. The highest BCUT2D eigenvalue weighted by atomic mass is 32.1. The van der Waals surface area contributed by atoms with Gasteiger partial charge in [-0.25, -0.2) is 0 Å². The molecule has 1 spiro atoms. The monoisotopic (exact) mass is 1380 g/mol. The van der Waals surface area contributed by atoms with Crippen molar-refractivity contribution in [3.63, 3.8) is 0 Å². The van der Waals surface area contributed by atoms with Crippen molar-refractivity contribution >= 4 is 147 Å². The number of rotatable bonds is 3. The van der Waals surface area contributed by atoms with Crippen molar-refractivity contribution in [2.24, 2.45) is 0 Å². The Morgan fingerprint density at radius 2 is 0.923 bits per heavy atom. The summed E-state index contributed by atoms with van der Waals surface area (Å²) in [6, 6.07) is 87.1. The van der Waals surface area contributed by atoms with Gasteiger partial charge in [0.15, 0.2) is 0 Å². The number of pyridine rings is 2. The van der Waals surface area contributed by atoms with Crippen LogP contribution in [-0.2, 0) is 21.7 Å². The van der Waals surface area contributed by atoms with Crippen LogP contribution in [0, 0.1) is 0 Å².